The van der Waals surface area contributed by atoms with Crippen molar-refractivity contribution < 1.29 is 5.11 Å². The molecule has 1 N–H and O–H groups in total. The van der Waals surface area contributed by atoms with Crippen molar-refractivity contribution in [2.75, 3.05) is 18.0 Å². The SMILES string of the molecule is Cc1nc(N2CCC(O)CC2)c2c(-c3ccccc3)csc2n1. The van der Waals surface area contributed by atoms with Crippen molar-refractivity contribution in [3.05, 3.63) is 41.5 Å². The maximum absolute atomic E-state index is 9.78. The molecular weight excluding hydrogens is 306 g/mol. The molecule has 0 aliphatic carbocycles. The predicted molar refractivity (Wildman–Crippen MR) is 95.0 cm³/mol. The summed E-state index contributed by atoms with van der Waals surface area (Å²) in [5.41, 5.74) is 2.40. The molecule has 0 saturated carbocycles. The highest BCUT2D eigenvalue weighted by Gasteiger charge is 2.23. The minimum atomic E-state index is -0.180. The molecule has 4 rings (SSSR count). The third-order valence-electron chi connectivity index (χ3n) is 4.38. The van der Waals surface area contributed by atoms with E-state index in [4.69, 9.17) is 4.98 Å². The molecule has 118 valence electrons. The van der Waals surface area contributed by atoms with E-state index in [1.807, 2.05) is 13.0 Å². The lowest BCUT2D eigenvalue weighted by molar-refractivity contribution is 0.145. The number of hydrogen-bond acceptors (Lipinski definition) is 5. The number of aliphatic hydroxyl groups excluding tert-OH is 1. The number of fused-ring (bicyclic) bond motifs is 1. The van der Waals surface area contributed by atoms with E-state index >= 15 is 0 Å². The van der Waals surface area contributed by atoms with Crippen LogP contribution in [0.1, 0.15) is 18.7 Å². The Morgan fingerprint density at radius 1 is 1.13 bits per heavy atom. The number of aromatic nitrogens is 2. The van der Waals surface area contributed by atoms with Crippen molar-refractivity contribution in [1.29, 1.82) is 0 Å². The van der Waals surface area contributed by atoms with E-state index in [-0.39, 0.29) is 6.10 Å². The van der Waals surface area contributed by atoms with Gasteiger partial charge in [0.15, 0.2) is 0 Å². The van der Waals surface area contributed by atoms with Gasteiger partial charge in [0.2, 0.25) is 0 Å². The first-order chi connectivity index (χ1) is 11.2. The molecule has 23 heavy (non-hydrogen) atoms. The van der Waals surface area contributed by atoms with Crippen LogP contribution in [0.15, 0.2) is 35.7 Å². The molecule has 0 amide bonds. The maximum Gasteiger partial charge on any atom is 0.141 e. The zero-order valence-corrected chi connectivity index (χ0v) is 13.9. The van der Waals surface area contributed by atoms with E-state index in [1.165, 1.54) is 11.1 Å². The molecular formula is C18H19N3OS. The summed E-state index contributed by atoms with van der Waals surface area (Å²) < 4.78 is 0. The van der Waals surface area contributed by atoms with Crippen LogP contribution < -0.4 is 4.90 Å². The zero-order chi connectivity index (χ0) is 15.8. The molecule has 0 unspecified atom stereocenters. The fraction of sp³-hybridized carbons (Fsp3) is 0.333. The molecule has 0 bridgehead atoms. The molecule has 1 aliphatic heterocycles. The largest absolute Gasteiger partial charge is 0.393 e. The molecule has 1 aromatic carbocycles. The fourth-order valence-corrected chi connectivity index (χ4v) is 4.15. The highest BCUT2D eigenvalue weighted by Crippen LogP contribution is 2.38. The third kappa shape index (κ3) is 2.71. The van der Waals surface area contributed by atoms with Crippen molar-refractivity contribution in [1.82, 2.24) is 9.97 Å². The quantitative estimate of drug-likeness (QED) is 0.782. The van der Waals surface area contributed by atoms with Crippen LogP contribution in [0, 0.1) is 6.92 Å². The number of piperidine rings is 1. The van der Waals surface area contributed by atoms with Crippen molar-refractivity contribution in [3.63, 3.8) is 0 Å². The Hall–Kier alpha value is -1.98. The van der Waals surface area contributed by atoms with E-state index in [0.717, 1.165) is 47.8 Å². The summed E-state index contributed by atoms with van der Waals surface area (Å²) in [6.07, 6.45) is 1.42. The van der Waals surface area contributed by atoms with Gasteiger partial charge in [-0.25, -0.2) is 9.97 Å². The van der Waals surface area contributed by atoms with Crippen LogP contribution in [0.5, 0.6) is 0 Å². The van der Waals surface area contributed by atoms with E-state index < -0.39 is 0 Å². The minimum Gasteiger partial charge on any atom is -0.393 e. The summed E-state index contributed by atoms with van der Waals surface area (Å²) >= 11 is 1.67. The summed E-state index contributed by atoms with van der Waals surface area (Å²) in [4.78, 5) is 12.7. The van der Waals surface area contributed by atoms with Gasteiger partial charge >= 0.3 is 0 Å². The first-order valence-corrected chi connectivity index (χ1v) is 8.84. The Kier molecular flexibility index (Phi) is 3.75. The molecule has 1 fully saturated rings. The summed E-state index contributed by atoms with van der Waals surface area (Å²) in [5, 5.41) is 13.1. The van der Waals surface area contributed by atoms with Crippen LogP contribution in [0.2, 0.25) is 0 Å². The van der Waals surface area contributed by atoms with Crippen LogP contribution in [-0.4, -0.2) is 34.3 Å². The van der Waals surface area contributed by atoms with E-state index in [1.54, 1.807) is 11.3 Å². The second-order valence-corrected chi connectivity index (χ2v) is 6.87. The van der Waals surface area contributed by atoms with Crippen molar-refractivity contribution in [2.24, 2.45) is 0 Å². The van der Waals surface area contributed by atoms with Gasteiger partial charge in [-0.2, -0.15) is 0 Å². The van der Waals surface area contributed by atoms with Gasteiger partial charge in [-0.3, -0.25) is 0 Å². The minimum absolute atomic E-state index is 0.180. The Bertz CT molecular complexity index is 823. The van der Waals surface area contributed by atoms with Gasteiger partial charge in [0.25, 0.3) is 0 Å². The van der Waals surface area contributed by atoms with Crippen molar-refractivity contribution >= 4 is 27.4 Å². The van der Waals surface area contributed by atoms with E-state index in [0.29, 0.717) is 0 Å². The number of nitrogens with zero attached hydrogens (tertiary/aromatic N) is 3. The monoisotopic (exact) mass is 325 g/mol. The van der Waals surface area contributed by atoms with Gasteiger partial charge in [-0.1, -0.05) is 30.3 Å². The predicted octanol–water partition coefficient (Wildman–Crippen LogP) is 3.63. The van der Waals surface area contributed by atoms with Gasteiger partial charge in [-0.05, 0) is 25.3 Å². The topological polar surface area (TPSA) is 49.2 Å². The summed E-state index contributed by atoms with van der Waals surface area (Å²) in [6, 6.07) is 10.4. The fourth-order valence-electron chi connectivity index (χ4n) is 3.16. The molecule has 0 atom stereocenters. The standard InChI is InChI=1S/C18H19N3OS/c1-12-19-17(21-9-7-14(22)8-10-21)16-15(11-23-18(16)20-12)13-5-3-2-4-6-13/h2-6,11,14,22H,7-10H2,1H3. The number of benzene rings is 1. The molecule has 5 heteroatoms. The molecule has 4 nitrogen and oxygen atoms in total. The third-order valence-corrected chi connectivity index (χ3v) is 5.25. The lowest BCUT2D eigenvalue weighted by atomic mass is 10.0. The lowest BCUT2D eigenvalue weighted by Crippen LogP contribution is -2.36. The Morgan fingerprint density at radius 2 is 1.87 bits per heavy atom. The van der Waals surface area contributed by atoms with Gasteiger partial charge in [0.05, 0.1) is 11.5 Å². The molecule has 3 heterocycles. The number of aliphatic hydroxyl groups is 1. The van der Waals surface area contributed by atoms with Crippen LogP contribution in [0.25, 0.3) is 21.3 Å². The summed E-state index contributed by atoms with van der Waals surface area (Å²) in [6.45, 7) is 3.64. The highest BCUT2D eigenvalue weighted by molar-refractivity contribution is 7.17. The van der Waals surface area contributed by atoms with Crippen molar-refractivity contribution in [3.8, 4) is 11.1 Å². The normalized spacial score (nSPS) is 16.2. The van der Waals surface area contributed by atoms with Crippen LogP contribution in [0.4, 0.5) is 5.82 Å². The first kappa shape index (κ1) is 14.6. The zero-order valence-electron chi connectivity index (χ0n) is 13.1. The van der Waals surface area contributed by atoms with Gasteiger partial charge in [-0.15, -0.1) is 11.3 Å². The lowest BCUT2D eigenvalue weighted by Gasteiger charge is -2.31. The van der Waals surface area contributed by atoms with E-state index in [2.05, 4.69) is 39.5 Å². The average Bonchev–Trinajstić information content (AvgIpc) is 2.99. The van der Waals surface area contributed by atoms with Gasteiger partial charge < -0.3 is 10.0 Å². The average molecular weight is 325 g/mol. The number of thiophene rings is 1. The van der Waals surface area contributed by atoms with Crippen LogP contribution >= 0.6 is 11.3 Å². The second kappa shape index (κ2) is 5.91. The number of aryl methyl sites for hydroxylation is 1. The molecule has 1 saturated heterocycles. The summed E-state index contributed by atoms with van der Waals surface area (Å²) in [7, 11) is 0. The van der Waals surface area contributed by atoms with Crippen molar-refractivity contribution in [2.45, 2.75) is 25.9 Å². The first-order valence-electron chi connectivity index (χ1n) is 7.96. The van der Waals surface area contributed by atoms with Gasteiger partial charge in [0.1, 0.15) is 16.5 Å². The van der Waals surface area contributed by atoms with E-state index in [9.17, 15) is 5.11 Å². The maximum atomic E-state index is 9.78. The summed E-state index contributed by atoms with van der Waals surface area (Å²) in [5.74, 6) is 1.82. The highest BCUT2D eigenvalue weighted by atomic mass is 32.1. The number of rotatable bonds is 2. The smallest absolute Gasteiger partial charge is 0.141 e. The van der Waals surface area contributed by atoms with Crippen LogP contribution in [0.3, 0.4) is 0 Å². The van der Waals surface area contributed by atoms with Crippen LogP contribution in [-0.2, 0) is 0 Å². The molecule has 2 aromatic heterocycles. The number of anilines is 1. The Balaban J connectivity index is 1.87. The molecule has 0 spiro atoms. The Morgan fingerprint density at radius 3 is 2.61 bits per heavy atom. The second-order valence-electron chi connectivity index (χ2n) is 6.01. The Labute approximate surface area is 139 Å². The van der Waals surface area contributed by atoms with Gasteiger partial charge in [0, 0.05) is 24.0 Å². The number of hydrogen-bond donors (Lipinski definition) is 1. The molecule has 1 aliphatic rings. The molecule has 0 radical (unpaired) electrons. The molecule has 3 aromatic rings.